The average Bonchev–Trinajstić information content (AvgIpc) is 2.60. The van der Waals surface area contributed by atoms with Crippen molar-refractivity contribution in [3.63, 3.8) is 0 Å². The minimum Gasteiger partial charge on any atom is -0.394 e. The van der Waals surface area contributed by atoms with Crippen LogP contribution in [0, 0.1) is 0 Å². The van der Waals surface area contributed by atoms with Gasteiger partial charge in [-0.2, -0.15) is 0 Å². The molecule has 23 heavy (non-hydrogen) atoms. The van der Waals surface area contributed by atoms with Crippen molar-refractivity contribution in [1.29, 1.82) is 0 Å². The second kappa shape index (κ2) is 8.31. The van der Waals surface area contributed by atoms with Gasteiger partial charge in [0.05, 0.1) is 12.6 Å². The van der Waals surface area contributed by atoms with Crippen molar-refractivity contribution in [2.24, 2.45) is 0 Å². The molecule has 2 saturated heterocycles. The first-order chi connectivity index (χ1) is 11.0. The third-order valence-electron chi connectivity index (χ3n) is 5.76. The van der Waals surface area contributed by atoms with Gasteiger partial charge < -0.3 is 20.2 Å². The number of hydrogen-bond acceptors (Lipinski definition) is 4. The lowest BCUT2D eigenvalue weighted by Gasteiger charge is -2.50. The predicted octanol–water partition coefficient (Wildman–Crippen LogP) is 0.959. The summed E-state index contributed by atoms with van der Waals surface area (Å²) in [5.41, 5.74) is 0.103. The van der Waals surface area contributed by atoms with Crippen LogP contribution in [0.5, 0.6) is 0 Å². The minimum absolute atomic E-state index is 0.00795. The maximum absolute atomic E-state index is 12.4. The summed E-state index contributed by atoms with van der Waals surface area (Å²) in [5.74, 6) is 0. The van der Waals surface area contributed by atoms with Crippen LogP contribution in [-0.2, 0) is 0 Å². The number of carbonyl (C=O) groups is 1. The van der Waals surface area contributed by atoms with Crippen molar-refractivity contribution in [3.8, 4) is 0 Å². The van der Waals surface area contributed by atoms with Crippen LogP contribution in [0.3, 0.4) is 0 Å². The number of carbonyl (C=O) groups excluding carboxylic acids is 1. The van der Waals surface area contributed by atoms with E-state index in [1.54, 1.807) is 11.9 Å². The van der Waals surface area contributed by atoms with E-state index in [2.05, 4.69) is 22.2 Å². The average molecular weight is 326 g/mol. The van der Waals surface area contributed by atoms with E-state index in [-0.39, 0.29) is 24.2 Å². The Kier molecular flexibility index (Phi) is 6.68. The number of aliphatic hydroxyl groups excluding tert-OH is 1. The molecule has 1 atom stereocenters. The summed E-state index contributed by atoms with van der Waals surface area (Å²) in [6.07, 6.45) is 6.10. The molecule has 1 unspecified atom stereocenters. The Morgan fingerprint density at radius 3 is 2.39 bits per heavy atom. The van der Waals surface area contributed by atoms with E-state index >= 15 is 0 Å². The van der Waals surface area contributed by atoms with Crippen molar-refractivity contribution in [3.05, 3.63) is 0 Å². The third-order valence-corrected chi connectivity index (χ3v) is 5.76. The molecule has 2 N–H and O–H groups in total. The van der Waals surface area contributed by atoms with E-state index in [0.717, 1.165) is 39.0 Å². The molecular formula is C17H34N4O2. The lowest BCUT2D eigenvalue weighted by molar-refractivity contribution is 0.0151. The third kappa shape index (κ3) is 4.58. The number of piperidine rings is 2. The normalized spacial score (nSPS) is 24.2. The number of nitrogens with one attached hydrogen (secondary N) is 1. The molecule has 2 aliphatic heterocycles. The van der Waals surface area contributed by atoms with Gasteiger partial charge in [-0.25, -0.2) is 4.79 Å². The first-order valence-corrected chi connectivity index (χ1v) is 9.03. The van der Waals surface area contributed by atoms with Crippen LogP contribution in [0.25, 0.3) is 0 Å². The molecule has 0 saturated carbocycles. The molecule has 2 amide bonds. The van der Waals surface area contributed by atoms with Crippen LogP contribution in [-0.4, -0.2) is 90.8 Å². The van der Waals surface area contributed by atoms with E-state index < -0.39 is 0 Å². The molecule has 0 aromatic carbocycles. The van der Waals surface area contributed by atoms with Crippen LogP contribution >= 0.6 is 0 Å². The Morgan fingerprint density at radius 1 is 1.22 bits per heavy atom. The summed E-state index contributed by atoms with van der Waals surface area (Å²) in [5, 5.41) is 12.4. The van der Waals surface area contributed by atoms with E-state index in [1.807, 2.05) is 6.92 Å². The zero-order valence-corrected chi connectivity index (χ0v) is 15.1. The first kappa shape index (κ1) is 18.5. The number of aliphatic hydroxyl groups is 1. The van der Waals surface area contributed by atoms with Gasteiger partial charge in [-0.05, 0) is 65.8 Å². The SMILES string of the molecule is CC(CO)N(C)C(=O)NCC1(N2CCCCC2)CCN(C)CC1. The molecule has 0 bridgehead atoms. The van der Waals surface area contributed by atoms with Crippen molar-refractivity contribution >= 4 is 6.03 Å². The standard InChI is InChI=1S/C17H34N4O2/c1-15(13-22)20(3)16(23)18-14-17(7-11-19(2)12-8-17)21-9-5-4-6-10-21/h15,22H,4-14H2,1-3H3,(H,18,23). The summed E-state index contributed by atoms with van der Waals surface area (Å²) < 4.78 is 0. The fourth-order valence-electron chi connectivity index (χ4n) is 3.70. The number of likely N-dealkylation sites (N-methyl/N-ethyl adjacent to an activating group) is 1. The van der Waals surface area contributed by atoms with Gasteiger partial charge in [-0.1, -0.05) is 6.42 Å². The van der Waals surface area contributed by atoms with Gasteiger partial charge in [0.15, 0.2) is 0 Å². The molecule has 0 radical (unpaired) electrons. The molecule has 0 spiro atoms. The lowest BCUT2D eigenvalue weighted by Crippen LogP contribution is -2.62. The van der Waals surface area contributed by atoms with Crippen molar-refractivity contribution < 1.29 is 9.90 Å². The summed E-state index contributed by atoms with van der Waals surface area (Å²) in [6.45, 7) is 7.05. The van der Waals surface area contributed by atoms with Crippen molar-refractivity contribution in [2.75, 3.05) is 53.4 Å². The van der Waals surface area contributed by atoms with Crippen molar-refractivity contribution in [1.82, 2.24) is 20.0 Å². The second-order valence-electron chi connectivity index (χ2n) is 7.38. The number of rotatable bonds is 5. The van der Waals surface area contributed by atoms with Gasteiger partial charge in [0.2, 0.25) is 0 Å². The van der Waals surface area contributed by atoms with Crippen molar-refractivity contribution in [2.45, 2.75) is 50.6 Å². The lowest BCUT2D eigenvalue weighted by atomic mass is 9.84. The Hall–Kier alpha value is -0.850. The molecule has 2 aliphatic rings. The molecule has 134 valence electrons. The quantitative estimate of drug-likeness (QED) is 0.790. The number of hydrogen-bond donors (Lipinski definition) is 2. The highest BCUT2D eigenvalue weighted by Crippen LogP contribution is 2.30. The topological polar surface area (TPSA) is 59.1 Å². The minimum atomic E-state index is -0.154. The smallest absolute Gasteiger partial charge is 0.317 e. The second-order valence-corrected chi connectivity index (χ2v) is 7.38. The Balaban J connectivity index is 1.99. The first-order valence-electron chi connectivity index (χ1n) is 9.03. The van der Waals surface area contributed by atoms with Crippen LogP contribution in [0.4, 0.5) is 4.79 Å². The summed E-state index contributed by atoms with van der Waals surface area (Å²) in [4.78, 5) is 18.9. The molecule has 2 fully saturated rings. The fraction of sp³-hybridized carbons (Fsp3) is 0.941. The zero-order valence-electron chi connectivity index (χ0n) is 15.1. The highest BCUT2D eigenvalue weighted by Gasteiger charge is 2.40. The molecule has 0 aromatic heterocycles. The maximum Gasteiger partial charge on any atom is 0.317 e. The van der Waals surface area contributed by atoms with E-state index in [1.165, 1.54) is 19.3 Å². The van der Waals surface area contributed by atoms with E-state index in [0.29, 0.717) is 6.54 Å². The van der Waals surface area contributed by atoms with Gasteiger partial charge in [-0.3, -0.25) is 4.90 Å². The Morgan fingerprint density at radius 2 is 1.83 bits per heavy atom. The predicted molar refractivity (Wildman–Crippen MR) is 92.6 cm³/mol. The van der Waals surface area contributed by atoms with Gasteiger partial charge >= 0.3 is 6.03 Å². The molecule has 6 heteroatoms. The van der Waals surface area contributed by atoms with Crippen LogP contribution in [0.1, 0.15) is 39.0 Å². The largest absolute Gasteiger partial charge is 0.394 e. The van der Waals surface area contributed by atoms with Crippen LogP contribution in [0.2, 0.25) is 0 Å². The highest BCUT2D eigenvalue weighted by molar-refractivity contribution is 5.74. The van der Waals surface area contributed by atoms with Gasteiger partial charge in [-0.15, -0.1) is 0 Å². The monoisotopic (exact) mass is 326 g/mol. The van der Waals surface area contributed by atoms with Gasteiger partial charge in [0.1, 0.15) is 0 Å². The highest BCUT2D eigenvalue weighted by atomic mass is 16.3. The Labute approximate surface area is 140 Å². The van der Waals surface area contributed by atoms with Gasteiger partial charge in [0.25, 0.3) is 0 Å². The summed E-state index contributed by atoms with van der Waals surface area (Å²) in [6, 6.07) is -0.236. The van der Waals surface area contributed by atoms with E-state index in [4.69, 9.17) is 0 Å². The Bertz CT molecular complexity index is 377. The molecule has 2 rings (SSSR count). The molecule has 6 nitrogen and oxygen atoms in total. The van der Waals surface area contributed by atoms with Crippen LogP contribution < -0.4 is 5.32 Å². The summed E-state index contributed by atoms with van der Waals surface area (Å²) >= 11 is 0. The number of amides is 2. The molecular weight excluding hydrogens is 292 g/mol. The maximum atomic E-state index is 12.4. The summed E-state index contributed by atoms with van der Waals surface area (Å²) in [7, 11) is 3.92. The fourth-order valence-corrected chi connectivity index (χ4v) is 3.70. The number of nitrogens with zero attached hydrogens (tertiary/aromatic N) is 3. The zero-order chi connectivity index (χ0) is 16.9. The van der Waals surface area contributed by atoms with Crippen LogP contribution in [0.15, 0.2) is 0 Å². The molecule has 0 aliphatic carbocycles. The molecule has 0 aromatic rings. The van der Waals surface area contributed by atoms with E-state index in [9.17, 15) is 9.90 Å². The number of urea groups is 1. The van der Waals surface area contributed by atoms with Gasteiger partial charge in [0, 0.05) is 19.1 Å². The molecule has 2 heterocycles. The number of likely N-dealkylation sites (tertiary alicyclic amines) is 2.